The van der Waals surface area contributed by atoms with Crippen molar-refractivity contribution in [1.29, 1.82) is 0 Å². The first-order chi connectivity index (χ1) is 11.0. The van der Waals surface area contributed by atoms with Gasteiger partial charge in [0.1, 0.15) is 0 Å². The SMILES string of the molecule is Cc1ccc(Br)cc1NC(=O)CCNC(=O)CCc1cccs1. The van der Waals surface area contributed by atoms with Crippen molar-refractivity contribution in [2.45, 2.75) is 26.2 Å². The summed E-state index contributed by atoms with van der Waals surface area (Å²) in [6.45, 7) is 2.29. The van der Waals surface area contributed by atoms with Crippen molar-refractivity contribution in [2.75, 3.05) is 11.9 Å². The third-order valence-corrected chi connectivity index (χ3v) is 4.76. The minimum atomic E-state index is -0.107. The Morgan fingerprint density at radius 2 is 2.00 bits per heavy atom. The number of carbonyl (C=O) groups excluding carboxylic acids is 2. The molecule has 0 fully saturated rings. The average molecular weight is 395 g/mol. The fourth-order valence-electron chi connectivity index (χ4n) is 2.04. The van der Waals surface area contributed by atoms with Crippen LogP contribution in [0.25, 0.3) is 0 Å². The number of hydrogen-bond donors (Lipinski definition) is 2. The highest BCUT2D eigenvalue weighted by molar-refractivity contribution is 9.10. The molecule has 0 aliphatic heterocycles. The van der Waals surface area contributed by atoms with E-state index in [0.717, 1.165) is 22.1 Å². The third kappa shape index (κ3) is 6.15. The van der Waals surface area contributed by atoms with Crippen LogP contribution in [0.5, 0.6) is 0 Å². The Bertz CT molecular complexity index is 671. The Morgan fingerprint density at radius 1 is 1.17 bits per heavy atom. The summed E-state index contributed by atoms with van der Waals surface area (Å²) in [5.41, 5.74) is 1.79. The van der Waals surface area contributed by atoms with E-state index >= 15 is 0 Å². The van der Waals surface area contributed by atoms with Gasteiger partial charge in [0.2, 0.25) is 11.8 Å². The molecule has 0 radical (unpaired) electrons. The quantitative estimate of drug-likeness (QED) is 0.747. The molecule has 2 aromatic rings. The zero-order chi connectivity index (χ0) is 16.7. The number of hydrogen-bond acceptors (Lipinski definition) is 3. The predicted octanol–water partition coefficient (Wildman–Crippen LogP) is 3.90. The Balaban J connectivity index is 1.68. The number of anilines is 1. The van der Waals surface area contributed by atoms with E-state index in [-0.39, 0.29) is 18.2 Å². The Hall–Kier alpha value is -1.66. The normalized spacial score (nSPS) is 10.3. The molecule has 1 heterocycles. The summed E-state index contributed by atoms with van der Waals surface area (Å²) >= 11 is 5.03. The van der Waals surface area contributed by atoms with E-state index in [1.165, 1.54) is 4.88 Å². The summed E-state index contributed by atoms with van der Waals surface area (Å²) < 4.78 is 0.917. The molecule has 0 aliphatic rings. The molecular weight excluding hydrogens is 376 g/mol. The smallest absolute Gasteiger partial charge is 0.226 e. The average Bonchev–Trinajstić information content (AvgIpc) is 3.02. The number of rotatable bonds is 7. The number of aryl methyl sites for hydroxylation is 2. The van der Waals surface area contributed by atoms with Crippen molar-refractivity contribution in [3.8, 4) is 0 Å². The fourth-order valence-corrected chi connectivity index (χ4v) is 3.11. The third-order valence-electron chi connectivity index (χ3n) is 3.33. The van der Waals surface area contributed by atoms with Crippen molar-refractivity contribution < 1.29 is 9.59 Å². The number of carbonyl (C=O) groups is 2. The van der Waals surface area contributed by atoms with E-state index in [4.69, 9.17) is 0 Å². The van der Waals surface area contributed by atoms with E-state index in [0.29, 0.717) is 13.0 Å². The maximum atomic E-state index is 11.9. The van der Waals surface area contributed by atoms with E-state index in [1.807, 2.05) is 42.6 Å². The topological polar surface area (TPSA) is 58.2 Å². The van der Waals surface area contributed by atoms with Crippen molar-refractivity contribution in [1.82, 2.24) is 5.32 Å². The summed E-state index contributed by atoms with van der Waals surface area (Å²) in [6.07, 6.45) is 1.45. The number of benzene rings is 1. The Kier molecular flexibility index (Phi) is 6.80. The lowest BCUT2D eigenvalue weighted by Gasteiger charge is -2.09. The van der Waals surface area contributed by atoms with Crippen LogP contribution >= 0.6 is 27.3 Å². The first-order valence-corrected chi connectivity index (χ1v) is 9.07. The van der Waals surface area contributed by atoms with Crippen molar-refractivity contribution >= 4 is 44.8 Å². The van der Waals surface area contributed by atoms with Gasteiger partial charge in [-0.05, 0) is 42.5 Å². The van der Waals surface area contributed by atoms with Crippen LogP contribution in [0.15, 0.2) is 40.2 Å². The molecule has 122 valence electrons. The standard InChI is InChI=1S/C17H19BrN2O2S/c1-12-4-5-13(18)11-15(12)20-17(22)8-9-19-16(21)7-6-14-3-2-10-23-14/h2-5,10-11H,6-9H2,1H3,(H,19,21)(H,20,22). The molecule has 0 saturated carbocycles. The zero-order valence-corrected chi connectivity index (χ0v) is 15.3. The molecule has 6 heteroatoms. The van der Waals surface area contributed by atoms with Gasteiger partial charge in [0.25, 0.3) is 0 Å². The van der Waals surface area contributed by atoms with Crippen molar-refractivity contribution in [2.24, 2.45) is 0 Å². The van der Waals surface area contributed by atoms with Gasteiger partial charge in [-0.1, -0.05) is 28.1 Å². The molecule has 0 unspecified atom stereocenters. The highest BCUT2D eigenvalue weighted by Gasteiger charge is 2.07. The highest BCUT2D eigenvalue weighted by atomic mass is 79.9. The number of nitrogens with one attached hydrogen (secondary N) is 2. The van der Waals surface area contributed by atoms with E-state index in [1.54, 1.807) is 11.3 Å². The first-order valence-electron chi connectivity index (χ1n) is 7.39. The van der Waals surface area contributed by atoms with Crippen LogP contribution in [0.4, 0.5) is 5.69 Å². The van der Waals surface area contributed by atoms with Gasteiger partial charge in [-0.3, -0.25) is 9.59 Å². The number of thiophene rings is 1. The van der Waals surface area contributed by atoms with Crippen LogP contribution in [0.3, 0.4) is 0 Å². The molecule has 1 aromatic heterocycles. The predicted molar refractivity (Wildman–Crippen MR) is 97.8 cm³/mol. The summed E-state index contributed by atoms with van der Waals surface area (Å²) in [5, 5.41) is 7.65. The largest absolute Gasteiger partial charge is 0.356 e. The van der Waals surface area contributed by atoms with E-state index in [2.05, 4.69) is 26.6 Å². The van der Waals surface area contributed by atoms with Crippen molar-refractivity contribution in [3.05, 3.63) is 50.6 Å². The molecule has 0 spiro atoms. The second kappa shape index (κ2) is 8.84. The molecule has 0 atom stereocenters. The molecule has 23 heavy (non-hydrogen) atoms. The minimum absolute atomic E-state index is 0.0233. The summed E-state index contributed by atoms with van der Waals surface area (Å²) in [6, 6.07) is 9.73. The van der Waals surface area contributed by atoms with Gasteiger partial charge in [-0.15, -0.1) is 11.3 Å². The molecule has 0 saturated heterocycles. The maximum absolute atomic E-state index is 11.9. The molecule has 0 aliphatic carbocycles. The van der Waals surface area contributed by atoms with Gasteiger partial charge in [0.05, 0.1) is 0 Å². The highest BCUT2D eigenvalue weighted by Crippen LogP contribution is 2.20. The van der Waals surface area contributed by atoms with Gasteiger partial charge < -0.3 is 10.6 Å². The van der Waals surface area contributed by atoms with Gasteiger partial charge in [0, 0.05) is 34.4 Å². The summed E-state index contributed by atoms with van der Waals surface area (Å²) in [4.78, 5) is 24.9. The monoisotopic (exact) mass is 394 g/mol. The van der Waals surface area contributed by atoms with Crippen LogP contribution in [0, 0.1) is 6.92 Å². The molecule has 2 N–H and O–H groups in total. The van der Waals surface area contributed by atoms with Gasteiger partial charge in [0.15, 0.2) is 0 Å². The molecule has 2 rings (SSSR count). The molecule has 1 aromatic carbocycles. The van der Waals surface area contributed by atoms with Crippen LogP contribution < -0.4 is 10.6 Å². The van der Waals surface area contributed by atoms with E-state index < -0.39 is 0 Å². The maximum Gasteiger partial charge on any atom is 0.226 e. The van der Waals surface area contributed by atoms with Gasteiger partial charge in [-0.2, -0.15) is 0 Å². The van der Waals surface area contributed by atoms with Gasteiger partial charge >= 0.3 is 0 Å². The molecular formula is C17H19BrN2O2S. The van der Waals surface area contributed by atoms with Crippen LogP contribution in [0.2, 0.25) is 0 Å². The minimum Gasteiger partial charge on any atom is -0.356 e. The Labute approximate surface area is 148 Å². The van der Waals surface area contributed by atoms with Crippen LogP contribution in [0.1, 0.15) is 23.3 Å². The number of halogens is 1. The van der Waals surface area contributed by atoms with E-state index in [9.17, 15) is 9.59 Å². The zero-order valence-electron chi connectivity index (χ0n) is 12.9. The second-order valence-electron chi connectivity index (χ2n) is 5.19. The molecule has 4 nitrogen and oxygen atoms in total. The first kappa shape index (κ1) is 17.7. The number of amides is 2. The second-order valence-corrected chi connectivity index (χ2v) is 7.13. The Morgan fingerprint density at radius 3 is 2.74 bits per heavy atom. The molecule has 2 amide bonds. The summed E-state index contributed by atoms with van der Waals surface area (Å²) in [7, 11) is 0. The van der Waals surface area contributed by atoms with Gasteiger partial charge in [-0.25, -0.2) is 0 Å². The lowest BCUT2D eigenvalue weighted by molar-refractivity contribution is -0.121. The van der Waals surface area contributed by atoms with Crippen LogP contribution in [-0.2, 0) is 16.0 Å². The lowest BCUT2D eigenvalue weighted by atomic mass is 10.2. The summed E-state index contributed by atoms with van der Waals surface area (Å²) in [5.74, 6) is -0.130. The molecule has 0 bridgehead atoms. The fraction of sp³-hybridized carbons (Fsp3) is 0.294. The van der Waals surface area contributed by atoms with Crippen LogP contribution in [-0.4, -0.2) is 18.4 Å². The lowest BCUT2D eigenvalue weighted by Crippen LogP contribution is -2.27. The van der Waals surface area contributed by atoms with Crippen molar-refractivity contribution in [3.63, 3.8) is 0 Å².